The molecule has 0 radical (unpaired) electrons. The third-order valence-corrected chi connectivity index (χ3v) is 5.23. The molecule has 3 heterocycles. The Morgan fingerprint density at radius 1 is 0.957 bits per heavy atom. The van der Waals surface area contributed by atoms with Crippen LogP contribution in [0, 0.1) is 5.92 Å². The van der Waals surface area contributed by atoms with Crippen LogP contribution in [0.2, 0.25) is 0 Å². The average molecular weight is 306 g/mol. The minimum atomic E-state index is 0.0585. The molecule has 3 fully saturated rings. The first kappa shape index (κ1) is 14.5. The summed E-state index contributed by atoms with van der Waals surface area (Å²) in [6, 6.07) is 18.3. The summed E-state index contributed by atoms with van der Waals surface area (Å²) in [7, 11) is 0. The fraction of sp³-hybridized carbons (Fsp3) is 0.350. The van der Waals surface area contributed by atoms with Crippen molar-refractivity contribution in [3.8, 4) is 11.1 Å². The topological polar surface area (TPSA) is 32.3 Å². The lowest BCUT2D eigenvalue weighted by Crippen LogP contribution is -2.57. The van der Waals surface area contributed by atoms with Gasteiger partial charge in [-0.25, -0.2) is 0 Å². The van der Waals surface area contributed by atoms with E-state index in [-0.39, 0.29) is 5.91 Å². The van der Waals surface area contributed by atoms with Gasteiger partial charge in [0.1, 0.15) is 0 Å². The summed E-state index contributed by atoms with van der Waals surface area (Å²) in [6.07, 6.45) is 2.43. The lowest BCUT2D eigenvalue weighted by molar-refractivity contribution is 0.0621. The molecule has 0 aliphatic carbocycles. The molecule has 3 saturated heterocycles. The van der Waals surface area contributed by atoms with Crippen LogP contribution in [0.5, 0.6) is 0 Å². The summed E-state index contributed by atoms with van der Waals surface area (Å²) in [5.41, 5.74) is 2.87. The maximum absolute atomic E-state index is 12.9. The summed E-state index contributed by atoms with van der Waals surface area (Å²) in [6.45, 7) is 3.39. The number of carbonyl (C=O) groups is 1. The van der Waals surface area contributed by atoms with Gasteiger partial charge < -0.3 is 10.2 Å². The van der Waals surface area contributed by atoms with Crippen molar-refractivity contribution < 1.29 is 4.79 Å². The van der Waals surface area contributed by atoms with Gasteiger partial charge in [0, 0.05) is 18.2 Å². The van der Waals surface area contributed by atoms with Crippen molar-refractivity contribution >= 4 is 5.91 Å². The van der Waals surface area contributed by atoms with E-state index in [9.17, 15) is 4.79 Å². The third-order valence-electron chi connectivity index (χ3n) is 5.23. The Morgan fingerprint density at radius 3 is 2.35 bits per heavy atom. The zero-order chi connectivity index (χ0) is 15.6. The Hall–Kier alpha value is -2.13. The number of carbonyl (C=O) groups excluding carboxylic acids is 1. The highest BCUT2D eigenvalue weighted by Gasteiger charge is 2.35. The highest BCUT2D eigenvalue weighted by atomic mass is 16.1. The van der Waals surface area contributed by atoms with Gasteiger partial charge in [-0.3, -0.25) is 4.79 Å². The molecule has 0 unspecified atom stereocenters. The van der Waals surface area contributed by atoms with Gasteiger partial charge >= 0.3 is 0 Å². The summed E-state index contributed by atoms with van der Waals surface area (Å²) >= 11 is 0. The first-order chi connectivity index (χ1) is 11.3. The van der Waals surface area contributed by atoms with Gasteiger partial charge in [-0.1, -0.05) is 48.5 Å². The first-order valence-electron chi connectivity index (χ1n) is 8.49. The molecule has 1 atom stereocenters. The number of nitrogens with zero attached hydrogens (tertiary/aromatic N) is 1. The van der Waals surface area contributed by atoms with E-state index in [0.717, 1.165) is 23.2 Å². The van der Waals surface area contributed by atoms with E-state index in [4.69, 9.17) is 0 Å². The molecule has 2 aromatic rings. The van der Waals surface area contributed by atoms with Crippen LogP contribution in [0.4, 0.5) is 0 Å². The molecule has 0 spiro atoms. The van der Waals surface area contributed by atoms with Crippen molar-refractivity contribution in [2.45, 2.75) is 18.9 Å². The summed E-state index contributed by atoms with van der Waals surface area (Å²) < 4.78 is 0. The molecule has 3 heteroatoms. The van der Waals surface area contributed by atoms with Crippen LogP contribution in [0.1, 0.15) is 23.2 Å². The molecule has 118 valence electrons. The van der Waals surface area contributed by atoms with Crippen LogP contribution in [0.3, 0.4) is 0 Å². The largest absolute Gasteiger partial charge is 0.348 e. The van der Waals surface area contributed by atoms with Gasteiger partial charge in [0.25, 0.3) is 5.91 Å². The maximum Gasteiger partial charge on any atom is 0.252 e. The van der Waals surface area contributed by atoms with Crippen LogP contribution in [-0.2, 0) is 0 Å². The third kappa shape index (κ3) is 2.89. The number of amides is 1. The van der Waals surface area contributed by atoms with Crippen molar-refractivity contribution in [3.05, 3.63) is 60.2 Å². The molecule has 2 aromatic carbocycles. The molecule has 23 heavy (non-hydrogen) atoms. The Kier molecular flexibility index (Phi) is 3.88. The predicted molar refractivity (Wildman–Crippen MR) is 92.3 cm³/mol. The van der Waals surface area contributed by atoms with Crippen molar-refractivity contribution in [2.24, 2.45) is 5.92 Å². The lowest BCUT2D eigenvalue weighted by atomic mass is 9.84. The lowest BCUT2D eigenvalue weighted by Gasteiger charge is -2.45. The highest BCUT2D eigenvalue weighted by molar-refractivity contribution is 6.01. The van der Waals surface area contributed by atoms with Gasteiger partial charge in [-0.15, -0.1) is 0 Å². The van der Waals surface area contributed by atoms with Gasteiger partial charge in [0.15, 0.2) is 0 Å². The van der Waals surface area contributed by atoms with Crippen LogP contribution in [-0.4, -0.2) is 36.5 Å². The van der Waals surface area contributed by atoms with Crippen LogP contribution >= 0.6 is 0 Å². The number of piperidine rings is 3. The molecule has 0 aromatic heterocycles. The van der Waals surface area contributed by atoms with E-state index in [1.807, 2.05) is 42.5 Å². The van der Waals surface area contributed by atoms with E-state index >= 15 is 0 Å². The fourth-order valence-corrected chi connectivity index (χ4v) is 3.93. The maximum atomic E-state index is 12.9. The minimum absolute atomic E-state index is 0.0585. The van der Waals surface area contributed by atoms with Gasteiger partial charge in [0.05, 0.1) is 0 Å². The summed E-state index contributed by atoms with van der Waals surface area (Å²) in [5.74, 6) is 0.705. The van der Waals surface area contributed by atoms with Crippen molar-refractivity contribution in [1.82, 2.24) is 10.2 Å². The summed E-state index contributed by atoms with van der Waals surface area (Å²) in [5, 5.41) is 3.30. The Labute approximate surface area is 137 Å². The zero-order valence-corrected chi connectivity index (χ0v) is 13.2. The minimum Gasteiger partial charge on any atom is -0.348 e. The average Bonchev–Trinajstić information content (AvgIpc) is 2.63. The van der Waals surface area contributed by atoms with Crippen molar-refractivity contribution in [1.29, 1.82) is 0 Å². The number of benzene rings is 2. The van der Waals surface area contributed by atoms with E-state index in [1.54, 1.807) is 0 Å². The number of hydrogen-bond acceptors (Lipinski definition) is 2. The SMILES string of the molecule is O=C(N[C@@H]1CN2CCC1CC2)c1ccccc1-c1ccccc1. The predicted octanol–water partition coefficient (Wildman–Crippen LogP) is 3.18. The molecule has 0 saturated carbocycles. The number of nitrogens with one attached hydrogen (secondary N) is 1. The van der Waals surface area contributed by atoms with Crippen molar-refractivity contribution in [3.63, 3.8) is 0 Å². The molecule has 3 nitrogen and oxygen atoms in total. The standard InChI is InChI=1S/C20H22N2O/c23-20(21-19-14-22-12-10-16(19)11-13-22)18-9-5-4-8-17(18)15-6-2-1-3-7-15/h1-9,16,19H,10-14H2,(H,21,23)/t19-/m1/s1. The second kappa shape index (κ2) is 6.17. The van der Waals surface area contributed by atoms with Crippen molar-refractivity contribution in [2.75, 3.05) is 19.6 Å². The smallest absolute Gasteiger partial charge is 0.252 e. The van der Waals surface area contributed by atoms with E-state index in [0.29, 0.717) is 12.0 Å². The van der Waals surface area contributed by atoms with E-state index in [2.05, 4.69) is 22.3 Å². The first-order valence-corrected chi connectivity index (χ1v) is 8.49. The molecular formula is C20H22N2O. The second-order valence-corrected chi connectivity index (χ2v) is 6.63. The molecule has 3 aliphatic heterocycles. The van der Waals surface area contributed by atoms with Crippen LogP contribution in [0.25, 0.3) is 11.1 Å². The quantitative estimate of drug-likeness (QED) is 0.944. The zero-order valence-electron chi connectivity index (χ0n) is 13.2. The summed E-state index contributed by atoms with van der Waals surface area (Å²) in [4.78, 5) is 15.3. The highest BCUT2D eigenvalue weighted by Crippen LogP contribution is 2.28. The Bertz CT molecular complexity index is 690. The fourth-order valence-electron chi connectivity index (χ4n) is 3.93. The normalized spacial score (nSPS) is 26.0. The van der Waals surface area contributed by atoms with E-state index < -0.39 is 0 Å². The van der Waals surface area contributed by atoms with Gasteiger partial charge in [-0.05, 0) is 49.0 Å². The van der Waals surface area contributed by atoms with E-state index in [1.165, 1.54) is 25.9 Å². The second-order valence-electron chi connectivity index (χ2n) is 6.63. The molecule has 1 N–H and O–H groups in total. The molecular weight excluding hydrogens is 284 g/mol. The number of rotatable bonds is 3. The van der Waals surface area contributed by atoms with Crippen LogP contribution < -0.4 is 5.32 Å². The molecule has 1 amide bonds. The molecule has 3 aliphatic rings. The molecule has 2 bridgehead atoms. The van der Waals surface area contributed by atoms with Gasteiger partial charge in [-0.2, -0.15) is 0 Å². The Morgan fingerprint density at radius 2 is 1.65 bits per heavy atom. The Balaban J connectivity index is 1.57. The monoisotopic (exact) mass is 306 g/mol. The number of fused-ring (bicyclic) bond motifs is 3. The number of hydrogen-bond donors (Lipinski definition) is 1. The van der Waals surface area contributed by atoms with Crippen LogP contribution in [0.15, 0.2) is 54.6 Å². The van der Waals surface area contributed by atoms with Gasteiger partial charge in [0.2, 0.25) is 0 Å². The molecule has 5 rings (SSSR count).